The van der Waals surface area contributed by atoms with E-state index >= 15 is 0 Å². The molecule has 0 fully saturated rings. The molecule has 1 aliphatic carbocycles. The van der Waals surface area contributed by atoms with Crippen LogP contribution in [0, 0.1) is 20.8 Å². The highest BCUT2D eigenvalue weighted by atomic mass is 32.2. The molecular weight excluding hydrogens is 420 g/mol. The summed E-state index contributed by atoms with van der Waals surface area (Å²) in [7, 11) is -3.85. The van der Waals surface area contributed by atoms with Gasteiger partial charge in [-0.05, 0) is 92.1 Å². The van der Waals surface area contributed by atoms with Gasteiger partial charge in [-0.15, -0.1) is 0 Å². The van der Waals surface area contributed by atoms with Gasteiger partial charge < -0.3 is 5.32 Å². The minimum absolute atomic E-state index is 0.0674. The molecule has 0 unspecified atom stereocenters. The molecule has 0 aromatic heterocycles. The first-order valence-electron chi connectivity index (χ1n) is 10.8. The number of benzene rings is 3. The first-order chi connectivity index (χ1) is 15.2. The molecule has 0 saturated heterocycles. The number of fused-ring (bicyclic) bond motifs is 1. The number of hydrogen-bond acceptors (Lipinski definition) is 3. The van der Waals surface area contributed by atoms with Crippen LogP contribution in [0.25, 0.3) is 0 Å². The highest BCUT2D eigenvalue weighted by Crippen LogP contribution is 2.30. The predicted molar refractivity (Wildman–Crippen MR) is 127 cm³/mol. The molecule has 0 aliphatic heterocycles. The Bertz CT molecular complexity index is 1260. The fraction of sp³-hybridized carbons (Fsp3) is 0.269. The average Bonchev–Trinajstić information content (AvgIpc) is 2.73. The fourth-order valence-electron chi connectivity index (χ4n) is 4.42. The van der Waals surface area contributed by atoms with E-state index in [2.05, 4.69) is 22.2 Å². The van der Waals surface area contributed by atoms with Crippen LogP contribution in [0.5, 0.6) is 0 Å². The molecule has 0 saturated carbocycles. The summed E-state index contributed by atoms with van der Waals surface area (Å²) in [6.45, 7) is 5.57. The maximum Gasteiger partial charge on any atom is 0.262 e. The highest BCUT2D eigenvalue weighted by Gasteiger charge is 2.24. The van der Waals surface area contributed by atoms with Crippen LogP contribution in [0.4, 0.5) is 5.69 Å². The maximum absolute atomic E-state index is 13.1. The van der Waals surface area contributed by atoms with Gasteiger partial charge in [0.1, 0.15) is 0 Å². The third-order valence-electron chi connectivity index (χ3n) is 5.89. The second kappa shape index (κ2) is 8.79. The van der Waals surface area contributed by atoms with E-state index in [1.165, 1.54) is 11.6 Å². The van der Waals surface area contributed by atoms with E-state index in [4.69, 9.17) is 0 Å². The standard InChI is InChI=1S/C26H28N2O3S/c1-17-13-18(2)15-22(14-17)28-32(30,31)25-16-21(12-11-19(25)3)26(29)27-24-10-6-8-20-7-4-5-9-23(20)24/h4-5,7,9,11-16,24,28H,6,8,10H2,1-3H3,(H,27,29)/t24-/m1/s1. The monoisotopic (exact) mass is 448 g/mol. The molecule has 5 nitrogen and oxygen atoms in total. The van der Waals surface area contributed by atoms with Crippen LogP contribution in [-0.4, -0.2) is 14.3 Å². The zero-order valence-electron chi connectivity index (χ0n) is 18.6. The molecule has 0 radical (unpaired) electrons. The van der Waals surface area contributed by atoms with Crippen molar-refractivity contribution in [1.29, 1.82) is 0 Å². The summed E-state index contributed by atoms with van der Waals surface area (Å²) in [4.78, 5) is 13.1. The number of amides is 1. The van der Waals surface area contributed by atoms with Gasteiger partial charge in [0, 0.05) is 11.3 Å². The number of hydrogen-bond donors (Lipinski definition) is 2. The number of aryl methyl sites for hydroxylation is 4. The smallest absolute Gasteiger partial charge is 0.262 e. The van der Waals surface area contributed by atoms with E-state index in [1.54, 1.807) is 31.2 Å². The second-order valence-electron chi connectivity index (χ2n) is 8.58. The Morgan fingerprint density at radius 1 is 0.938 bits per heavy atom. The van der Waals surface area contributed by atoms with Crippen molar-refractivity contribution in [2.45, 2.75) is 51.0 Å². The zero-order chi connectivity index (χ0) is 22.9. The molecule has 166 valence electrons. The van der Waals surface area contributed by atoms with Gasteiger partial charge in [-0.2, -0.15) is 0 Å². The van der Waals surface area contributed by atoms with Gasteiger partial charge in [0.2, 0.25) is 0 Å². The maximum atomic E-state index is 13.1. The Hall–Kier alpha value is -3.12. The first-order valence-corrected chi connectivity index (χ1v) is 12.3. The number of rotatable bonds is 5. The van der Waals surface area contributed by atoms with Gasteiger partial charge in [-0.25, -0.2) is 8.42 Å². The van der Waals surface area contributed by atoms with Crippen LogP contribution in [-0.2, 0) is 16.4 Å². The van der Waals surface area contributed by atoms with Crippen LogP contribution in [0.15, 0.2) is 65.6 Å². The Kier molecular flexibility index (Phi) is 6.07. The molecule has 2 N–H and O–H groups in total. The van der Waals surface area contributed by atoms with E-state index in [0.29, 0.717) is 16.8 Å². The molecule has 0 heterocycles. The molecule has 3 aromatic carbocycles. The predicted octanol–water partition coefficient (Wildman–Crippen LogP) is 5.22. The van der Waals surface area contributed by atoms with E-state index in [9.17, 15) is 13.2 Å². The van der Waals surface area contributed by atoms with Gasteiger partial charge in [0.15, 0.2) is 0 Å². The van der Waals surface area contributed by atoms with Crippen molar-refractivity contribution in [1.82, 2.24) is 5.32 Å². The Labute approximate surface area is 189 Å². The van der Waals surface area contributed by atoms with Crippen LogP contribution in [0.1, 0.15) is 57.1 Å². The van der Waals surface area contributed by atoms with Gasteiger partial charge in [-0.1, -0.05) is 36.4 Å². The summed E-state index contributed by atoms with van der Waals surface area (Å²) in [5.41, 5.74) is 5.77. The third-order valence-corrected chi connectivity index (χ3v) is 7.41. The molecule has 1 amide bonds. The molecule has 4 rings (SSSR count). The lowest BCUT2D eigenvalue weighted by molar-refractivity contribution is 0.0932. The summed E-state index contributed by atoms with van der Waals surface area (Å²) in [5, 5.41) is 3.10. The Morgan fingerprint density at radius 2 is 1.66 bits per heavy atom. The zero-order valence-corrected chi connectivity index (χ0v) is 19.4. The van der Waals surface area contributed by atoms with Crippen LogP contribution < -0.4 is 10.0 Å². The van der Waals surface area contributed by atoms with E-state index in [1.807, 2.05) is 32.0 Å². The summed E-state index contributed by atoms with van der Waals surface area (Å²) < 4.78 is 28.9. The lowest BCUT2D eigenvalue weighted by atomic mass is 9.87. The molecule has 6 heteroatoms. The van der Waals surface area contributed by atoms with Crippen LogP contribution in [0.2, 0.25) is 0 Å². The van der Waals surface area contributed by atoms with Gasteiger partial charge in [0.05, 0.1) is 10.9 Å². The average molecular weight is 449 g/mol. The summed E-state index contributed by atoms with van der Waals surface area (Å²) in [6, 6.07) is 18.5. The van der Waals surface area contributed by atoms with Crippen molar-refractivity contribution < 1.29 is 13.2 Å². The van der Waals surface area contributed by atoms with E-state index < -0.39 is 10.0 Å². The highest BCUT2D eigenvalue weighted by molar-refractivity contribution is 7.92. The molecular formula is C26H28N2O3S. The minimum atomic E-state index is -3.85. The summed E-state index contributed by atoms with van der Waals surface area (Å²) >= 11 is 0. The normalized spacial score (nSPS) is 15.7. The molecule has 0 bridgehead atoms. The summed E-state index contributed by atoms with van der Waals surface area (Å²) in [6.07, 6.45) is 2.89. The molecule has 0 spiro atoms. The third kappa shape index (κ3) is 4.70. The number of sulfonamides is 1. The van der Waals surface area contributed by atoms with Crippen molar-refractivity contribution in [3.05, 3.63) is 94.0 Å². The van der Waals surface area contributed by atoms with E-state index in [-0.39, 0.29) is 16.8 Å². The number of carbonyl (C=O) groups is 1. The van der Waals surface area contributed by atoms with Crippen molar-refractivity contribution in [3.63, 3.8) is 0 Å². The van der Waals surface area contributed by atoms with Crippen molar-refractivity contribution in [3.8, 4) is 0 Å². The topological polar surface area (TPSA) is 75.3 Å². The van der Waals surface area contributed by atoms with Crippen molar-refractivity contribution in [2.75, 3.05) is 4.72 Å². The molecule has 32 heavy (non-hydrogen) atoms. The molecule has 1 aliphatic rings. The van der Waals surface area contributed by atoms with Gasteiger partial charge >= 0.3 is 0 Å². The van der Waals surface area contributed by atoms with Crippen LogP contribution >= 0.6 is 0 Å². The molecule has 3 aromatic rings. The number of anilines is 1. The fourth-order valence-corrected chi connectivity index (χ4v) is 5.73. The van der Waals surface area contributed by atoms with Crippen LogP contribution in [0.3, 0.4) is 0 Å². The van der Waals surface area contributed by atoms with Crippen molar-refractivity contribution in [2.24, 2.45) is 0 Å². The number of nitrogens with one attached hydrogen (secondary N) is 2. The minimum Gasteiger partial charge on any atom is -0.345 e. The molecule has 1 atom stereocenters. The Balaban J connectivity index is 1.59. The van der Waals surface area contributed by atoms with Crippen molar-refractivity contribution >= 4 is 21.6 Å². The van der Waals surface area contributed by atoms with E-state index in [0.717, 1.165) is 36.0 Å². The largest absolute Gasteiger partial charge is 0.345 e. The second-order valence-corrected chi connectivity index (χ2v) is 10.2. The van der Waals surface area contributed by atoms with Gasteiger partial charge in [-0.3, -0.25) is 9.52 Å². The lowest BCUT2D eigenvalue weighted by Gasteiger charge is -2.26. The SMILES string of the molecule is Cc1cc(C)cc(NS(=O)(=O)c2cc(C(=O)N[C@@H]3CCCc4ccccc43)ccc2C)c1. The summed E-state index contributed by atoms with van der Waals surface area (Å²) in [5.74, 6) is -0.269. The Morgan fingerprint density at radius 3 is 2.41 bits per heavy atom. The first kappa shape index (κ1) is 22.1. The number of carbonyl (C=O) groups excluding carboxylic acids is 1. The quantitative estimate of drug-likeness (QED) is 0.562. The lowest BCUT2D eigenvalue weighted by Crippen LogP contribution is -2.31. The van der Waals surface area contributed by atoms with Gasteiger partial charge in [0.25, 0.3) is 15.9 Å².